The maximum absolute atomic E-state index is 12.1. The second-order valence-corrected chi connectivity index (χ2v) is 6.73. The fourth-order valence-corrected chi connectivity index (χ4v) is 3.26. The van der Waals surface area contributed by atoms with Gasteiger partial charge >= 0.3 is 0 Å². The molecule has 0 atom stereocenters. The number of hydrogen-bond donors (Lipinski definition) is 1. The molecule has 1 aromatic heterocycles. The number of halogens is 1. The Balaban J connectivity index is 1.49. The molecule has 1 N–H and O–H groups in total. The fourth-order valence-electron chi connectivity index (χ4n) is 3.04. The highest BCUT2D eigenvalue weighted by molar-refractivity contribution is 6.33. The summed E-state index contributed by atoms with van der Waals surface area (Å²) >= 11 is 6.17. The molecule has 26 heavy (non-hydrogen) atoms. The van der Waals surface area contributed by atoms with Crippen molar-refractivity contribution in [2.24, 2.45) is 5.92 Å². The van der Waals surface area contributed by atoms with E-state index in [1.54, 1.807) is 13.2 Å². The number of hydrogen-bond acceptors (Lipinski definition) is 6. The van der Waals surface area contributed by atoms with Crippen LogP contribution in [0.2, 0.25) is 5.02 Å². The number of nitrogens with zero attached hydrogens (tertiary/aromatic N) is 3. The highest BCUT2D eigenvalue weighted by Gasteiger charge is 2.25. The van der Waals surface area contributed by atoms with Crippen LogP contribution in [-0.2, 0) is 16.1 Å². The van der Waals surface area contributed by atoms with Gasteiger partial charge in [-0.05, 0) is 38.1 Å². The molecule has 0 aliphatic carbocycles. The Morgan fingerprint density at radius 2 is 2.15 bits per heavy atom. The first-order valence-electron chi connectivity index (χ1n) is 8.74. The smallest absolute Gasteiger partial charge is 0.241 e. The largest absolute Gasteiger partial charge is 0.383 e. The minimum absolute atomic E-state index is 0.0597. The van der Waals surface area contributed by atoms with Crippen molar-refractivity contribution in [3.63, 3.8) is 0 Å². The second-order valence-electron chi connectivity index (χ2n) is 6.33. The lowest BCUT2D eigenvalue weighted by Crippen LogP contribution is -2.41. The molecule has 3 rings (SSSR count). The molecule has 7 nitrogen and oxygen atoms in total. The third-order valence-electron chi connectivity index (χ3n) is 4.51. The van der Waals surface area contributed by atoms with Crippen molar-refractivity contribution >= 4 is 17.5 Å². The maximum atomic E-state index is 12.1. The summed E-state index contributed by atoms with van der Waals surface area (Å²) in [6.45, 7) is 3.33. The average molecular weight is 379 g/mol. The van der Waals surface area contributed by atoms with E-state index in [0.717, 1.165) is 31.5 Å². The molecule has 0 bridgehead atoms. The molecule has 2 heterocycles. The molecule has 2 aromatic rings. The van der Waals surface area contributed by atoms with Crippen LogP contribution in [0.25, 0.3) is 11.4 Å². The average Bonchev–Trinajstić information content (AvgIpc) is 3.11. The lowest BCUT2D eigenvalue weighted by molar-refractivity contribution is -0.126. The number of piperidine rings is 1. The van der Waals surface area contributed by atoms with Gasteiger partial charge in [-0.2, -0.15) is 4.98 Å². The van der Waals surface area contributed by atoms with Gasteiger partial charge in [0.25, 0.3) is 0 Å². The van der Waals surface area contributed by atoms with Gasteiger partial charge in [0, 0.05) is 25.1 Å². The molecular weight excluding hydrogens is 356 g/mol. The van der Waals surface area contributed by atoms with E-state index >= 15 is 0 Å². The molecule has 1 fully saturated rings. The van der Waals surface area contributed by atoms with Crippen LogP contribution in [-0.4, -0.2) is 54.3 Å². The summed E-state index contributed by atoms with van der Waals surface area (Å²) in [5.74, 6) is 1.23. The van der Waals surface area contributed by atoms with E-state index in [1.165, 1.54) is 0 Å². The van der Waals surface area contributed by atoms with Gasteiger partial charge in [0.05, 0.1) is 18.2 Å². The van der Waals surface area contributed by atoms with E-state index < -0.39 is 0 Å². The summed E-state index contributed by atoms with van der Waals surface area (Å²) in [6.07, 6.45) is 1.65. The van der Waals surface area contributed by atoms with Crippen molar-refractivity contribution in [3.8, 4) is 11.4 Å². The summed E-state index contributed by atoms with van der Waals surface area (Å²) < 4.78 is 10.3. The normalized spacial score (nSPS) is 15.9. The van der Waals surface area contributed by atoms with Crippen LogP contribution in [0, 0.1) is 5.92 Å². The molecule has 0 saturated carbocycles. The monoisotopic (exact) mass is 378 g/mol. The lowest BCUT2D eigenvalue weighted by Gasteiger charge is -2.30. The highest BCUT2D eigenvalue weighted by Crippen LogP contribution is 2.25. The van der Waals surface area contributed by atoms with Gasteiger partial charge in [-0.1, -0.05) is 28.9 Å². The summed E-state index contributed by atoms with van der Waals surface area (Å²) in [7, 11) is 1.62. The number of rotatable bonds is 7. The molecule has 1 aromatic carbocycles. The molecule has 8 heteroatoms. The van der Waals surface area contributed by atoms with Crippen LogP contribution in [0.1, 0.15) is 18.7 Å². The number of aromatic nitrogens is 2. The van der Waals surface area contributed by atoms with Crippen LogP contribution < -0.4 is 5.32 Å². The van der Waals surface area contributed by atoms with Gasteiger partial charge in [-0.3, -0.25) is 9.69 Å². The molecule has 140 valence electrons. The van der Waals surface area contributed by atoms with Crippen LogP contribution >= 0.6 is 11.6 Å². The SMILES string of the molecule is COCCNC(=O)C1CCN(Cc2nc(-c3ccccc3Cl)no2)CC1. The molecule has 0 unspecified atom stereocenters. The maximum Gasteiger partial charge on any atom is 0.241 e. The highest BCUT2D eigenvalue weighted by atomic mass is 35.5. The number of likely N-dealkylation sites (tertiary alicyclic amines) is 1. The topological polar surface area (TPSA) is 80.5 Å². The summed E-state index contributed by atoms with van der Waals surface area (Å²) in [6, 6.07) is 7.42. The zero-order valence-electron chi connectivity index (χ0n) is 14.8. The predicted molar refractivity (Wildman–Crippen MR) is 97.6 cm³/mol. The molecule has 1 aliphatic heterocycles. The Bertz CT molecular complexity index is 729. The summed E-state index contributed by atoms with van der Waals surface area (Å²) in [4.78, 5) is 18.8. The molecule has 1 amide bonds. The number of carbonyl (C=O) groups excluding carboxylic acids is 1. The van der Waals surface area contributed by atoms with E-state index in [2.05, 4.69) is 20.4 Å². The van der Waals surface area contributed by atoms with Crippen molar-refractivity contribution in [1.82, 2.24) is 20.4 Å². The van der Waals surface area contributed by atoms with E-state index in [9.17, 15) is 4.79 Å². The van der Waals surface area contributed by atoms with Gasteiger partial charge in [0.2, 0.25) is 17.6 Å². The van der Waals surface area contributed by atoms with Gasteiger partial charge in [0.1, 0.15) is 0 Å². The van der Waals surface area contributed by atoms with Crippen LogP contribution in [0.4, 0.5) is 0 Å². The molecule has 0 radical (unpaired) electrons. The van der Waals surface area contributed by atoms with Crippen molar-refractivity contribution in [2.75, 3.05) is 33.4 Å². The Kier molecular flexibility index (Phi) is 6.60. The minimum atomic E-state index is 0.0597. The number of nitrogens with one attached hydrogen (secondary N) is 1. The number of carbonyl (C=O) groups is 1. The molecule has 0 spiro atoms. The van der Waals surface area contributed by atoms with Crippen LogP contribution in [0.5, 0.6) is 0 Å². The quantitative estimate of drug-likeness (QED) is 0.745. The minimum Gasteiger partial charge on any atom is -0.383 e. The second kappa shape index (κ2) is 9.12. The summed E-state index contributed by atoms with van der Waals surface area (Å²) in [5.41, 5.74) is 0.760. The first-order chi connectivity index (χ1) is 12.7. The van der Waals surface area contributed by atoms with Crippen LogP contribution in [0.3, 0.4) is 0 Å². The Labute approximate surface area is 157 Å². The van der Waals surface area contributed by atoms with Crippen molar-refractivity contribution in [2.45, 2.75) is 19.4 Å². The third kappa shape index (κ3) is 4.81. The first kappa shape index (κ1) is 18.8. The number of benzene rings is 1. The lowest BCUT2D eigenvalue weighted by atomic mass is 9.96. The number of amides is 1. The Hall–Kier alpha value is -1.96. The number of ether oxygens (including phenoxy) is 1. The Morgan fingerprint density at radius 1 is 1.38 bits per heavy atom. The van der Waals surface area contributed by atoms with Crippen molar-refractivity contribution in [1.29, 1.82) is 0 Å². The van der Waals surface area contributed by atoms with Crippen molar-refractivity contribution < 1.29 is 14.1 Å². The molecule has 1 saturated heterocycles. The van der Waals surface area contributed by atoms with Gasteiger partial charge < -0.3 is 14.6 Å². The summed E-state index contributed by atoms with van der Waals surface area (Å²) in [5, 5.41) is 7.53. The van der Waals surface area contributed by atoms with E-state index in [-0.39, 0.29) is 11.8 Å². The zero-order valence-corrected chi connectivity index (χ0v) is 15.5. The van der Waals surface area contributed by atoms with E-state index in [0.29, 0.717) is 36.4 Å². The molecular formula is C18H23ClN4O3. The molecule has 1 aliphatic rings. The van der Waals surface area contributed by atoms with Crippen molar-refractivity contribution in [3.05, 3.63) is 35.2 Å². The fraction of sp³-hybridized carbons (Fsp3) is 0.500. The predicted octanol–water partition coefficient (Wildman–Crippen LogP) is 2.36. The van der Waals surface area contributed by atoms with Crippen LogP contribution in [0.15, 0.2) is 28.8 Å². The zero-order chi connectivity index (χ0) is 18.4. The van der Waals surface area contributed by atoms with Gasteiger partial charge in [-0.25, -0.2) is 0 Å². The first-order valence-corrected chi connectivity index (χ1v) is 9.11. The van der Waals surface area contributed by atoms with E-state index in [4.69, 9.17) is 20.9 Å². The van der Waals surface area contributed by atoms with E-state index in [1.807, 2.05) is 18.2 Å². The third-order valence-corrected chi connectivity index (χ3v) is 4.84. The van der Waals surface area contributed by atoms with Gasteiger partial charge in [-0.15, -0.1) is 0 Å². The number of methoxy groups -OCH3 is 1. The standard InChI is InChI=1S/C18H23ClN4O3/c1-25-11-8-20-18(24)13-6-9-23(10-7-13)12-16-21-17(22-26-16)14-4-2-3-5-15(14)19/h2-5,13H,6-12H2,1H3,(H,20,24). The van der Waals surface area contributed by atoms with Gasteiger partial charge in [0.15, 0.2) is 0 Å². The Morgan fingerprint density at radius 3 is 2.88 bits per heavy atom.